The van der Waals surface area contributed by atoms with Crippen LogP contribution in [-0.4, -0.2) is 71.0 Å². The third kappa shape index (κ3) is 8.46. The molecule has 2 heterocycles. The van der Waals surface area contributed by atoms with Crippen molar-refractivity contribution in [2.75, 3.05) is 20.2 Å². The van der Waals surface area contributed by atoms with E-state index in [1.54, 1.807) is 36.1 Å². The minimum atomic E-state index is -2.20. The van der Waals surface area contributed by atoms with Gasteiger partial charge in [0.25, 0.3) is 0 Å². The smallest absolute Gasteiger partial charge is 0.410 e. The lowest BCUT2D eigenvalue weighted by molar-refractivity contribution is 0.0172. The molecule has 0 fully saturated rings. The molecular weight excluding hydrogens is 593 g/mol. The molecule has 0 radical (unpaired) electrons. The number of nitrogens with zero attached hydrogens (tertiary/aromatic N) is 5. The lowest BCUT2D eigenvalue weighted by atomic mass is 10.1. The minimum absolute atomic E-state index is 0.0309. The number of carbonyl (C=O) groups excluding carboxylic acids is 1. The Morgan fingerprint density at radius 2 is 1.76 bits per heavy atom. The second kappa shape index (κ2) is 12.9. The van der Waals surface area contributed by atoms with Gasteiger partial charge in [0, 0.05) is 31.4 Å². The van der Waals surface area contributed by atoms with Gasteiger partial charge < -0.3 is 18.8 Å². The first-order chi connectivity index (χ1) is 19.3. The minimum Gasteiger partial charge on any atom is -0.491 e. The highest BCUT2D eigenvalue weighted by Crippen LogP contribution is 2.38. The number of aromatic nitrogens is 4. The lowest BCUT2D eigenvalue weighted by Gasteiger charge is -2.40. The summed E-state index contributed by atoms with van der Waals surface area (Å²) < 4.78 is 20.2. The van der Waals surface area contributed by atoms with E-state index in [9.17, 15) is 4.79 Å². The van der Waals surface area contributed by atoms with Crippen LogP contribution in [0.3, 0.4) is 0 Å². The molecule has 0 saturated carbocycles. The van der Waals surface area contributed by atoms with Crippen LogP contribution in [0.4, 0.5) is 4.79 Å². The van der Waals surface area contributed by atoms with Crippen molar-refractivity contribution >= 4 is 37.6 Å². The summed E-state index contributed by atoms with van der Waals surface area (Å²) in [6, 6.07) is 7.18. The predicted molar refractivity (Wildman–Crippen MR) is 171 cm³/mol. The van der Waals surface area contributed by atoms with E-state index < -0.39 is 26.1 Å². The maximum Gasteiger partial charge on any atom is 0.410 e. The number of hydrogen-bond acceptors (Lipinski definition) is 7. The van der Waals surface area contributed by atoms with E-state index in [0.717, 1.165) is 11.3 Å². The molecule has 1 atom stereocenters. The van der Waals surface area contributed by atoms with Crippen LogP contribution in [-0.2, 0) is 16.2 Å². The average molecular weight is 637 g/mol. The van der Waals surface area contributed by atoms with Crippen molar-refractivity contribution < 1.29 is 18.7 Å². The van der Waals surface area contributed by atoms with Crippen LogP contribution >= 0.6 is 23.2 Å². The maximum atomic E-state index is 12.7. The van der Waals surface area contributed by atoms with Crippen molar-refractivity contribution in [1.29, 1.82) is 0 Å². The number of rotatable bonds is 9. The number of likely N-dealkylation sites (N-methyl/N-ethyl adjacent to an activating group) is 1. The topological polar surface area (TPSA) is 91.6 Å². The fourth-order valence-corrected chi connectivity index (χ4v) is 5.56. The van der Waals surface area contributed by atoms with Crippen molar-refractivity contribution in [2.45, 2.75) is 78.3 Å². The number of benzene rings is 1. The monoisotopic (exact) mass is 635 g/mol. The van der Waals surface area contributed by atoms with Crippen LogP contribution in [0.15, 0.2) is 30.5 Å². The van der Waals surface area contributed by atoms with E-state index in [-0.39, 0.29) is 11.6 Å². The summed E-state index contributed by atoms with van der Waals surface area (Å²) in [6.07, 6.45) is 0.885. The normalized spacial score (nSPS) is 13.2. The number of hydrogen-bond donors (Lipinski definition) is 0. The van der Waals surface area contributed by atoms with Crippen molar-refractivity contribution in [2.24, 2.45) is 7.05 Å². The van der Waals surface area contributed by atoms with Crippen LogP contribution in [0.25, 0.3) is 22.8 Å². The van der Waals surface area contributed by atoms with Gasteiger partial charge in [-0.15, -0.1) is 0 Å². The summed E-state index contributed by atoms with van der Waals surface area (Å²) in [4.78, 5) is 23.6. The molecule has 2 aromatic heterocycles. The first-order valence-electron chi connectivity index (χ1n) is 13.9. The molecule has 0 bridgehead atoms. The van der Waals surface area contributed by atoms with Gasteiger partial charge in [0.1, 0.15) is 23.1 Å². The van der Waals surface area contributed by atoms with Crippen LogP contribution in [0, 0.1) is 6.92 Å². The molecule has 3 aromatic rings. The fraction of sp³-hybridized carbons (Fsp3) is 0.533. The second-order valence-corrected chi connectivity index (χ2v) is 18.5. The molecule has 0 unspecified atom stereocenters. The SMILES string of the molecule is Cc1c(Cl)nc(-c2cc(OC[C@@H](CN(C)C(=O)OC(C)(C)C)O[Si](C)(C)C(C)(C)C)ccc2Cl)nc1-c1ccnn1C. The molecule has 0 aliphatic rings. The fourth-order valence-electron chi connectivity index (χ4n) is 3.86. The molecule has 1 amide bonds. The first kappa shape index (κ1) is 33.8. The molecule has 1 aromatic carbocycles. The molecular formula is C30H43Cl2N5O4Si. The predicted octanol–water partition coefficient (Wildman–Crippen LogP) is 7.80. The van der Waals surface area contributed by atoms with E-state index in [2.05, 4.69) is 43.9 Å². The first-order valence-corrected chi connectivity index (χ1v) is 17.5. The van der Waals surface area contributed by atoms with Crippen molar-refractivity contribution in [3.63, 3.8) is 0 Å². The summed E-state index contributed by atoms with van der Waals surface area (Å²) in [6.45, 7) is 18.8. The Balaban J connectivity index is 1.89. The summed E-state index contributed by atoms with van der Waals surface area (Å²) in [5.41, 5.74) is 2.19. The number of halogens is 2. The zero-order chi connectivity index (χ0) is 31.6. The summed E-state index contributed by atoms with van der Waals surface area (Å²) in [5.74, 6) is 0.927. The van der Waals surface area contributed by atoms with Gasteiger partial charge in [-0.2, -0.15) is 5.10 Å². The molecule has 0 N–H and O–H groups in total. The second-order valence-electron chi connectivity index (χ2n) is 13.0. The molecule has 9 nitrogen and oxygen atoms in total. The maximum absolute atomic E-state index is 12.7. The largest absolute Gasteiger partial charge is 0.491 e. The van der Waals surface area contributed by atoms with Crippen LogP contribution in [0.2, 0.25) is 28.3 Å². The third-order valence-corrected chi connectivity index (χ3v) is 12.4. The van der Waals surface area contributed by atoms with Gasteiger partial charge in [-0.05, 0) is 70.1 Å². The van der Waals surface area contributed by atoms with Gasteiger partial charge in [-0.25, -0.2) is 14.8 Å². The van der Waals surface area contributed by atoms with E-state index in [1.807, 2.05) is 40.8 Å². The van der Waals surface area contributed by atoms with Crippen LogP contribution < -0.4 is 4.74 Å². The van der Waals surface area contributed by atoms with Crippen LogP contribution in [0.5, 0.6) is 5.75 Å². The summed E-state index contributed by atoms with van der Waals surface area (Å²) >= 11 is 13.1. The van der Waals surface area contributed by atoms with E-state index in [1.165, 1.54) is 4.90 Å². The molecule has 0 spiro atoms. The number of aryl methyl sites for hydroxylation is 1. The standard InChI is InChI=1S/C30H43Cl2N5O4Si/c1-19-25(24-14-15-33-37(24)9)34-27(35-26(19)32)22-16-20(12-13-23(22)31)39-18-21(41-42(10,11)30(5,6)7)17-36(8)28(38)40-29(2,3)4/h12-16,21H,17-18H2,1-11H3/t21-/m1/s1. The Bertz CT molecular complexity index is 1420. The van der Waals surface area contributed by atoms with Gasteiger partial charge in [-0.3, -0.25) is 4.68 Å². The third-order valence-electron chi connectivity index (χ3n) is 7.21. The zero-order valence-corrected chi connectivity index (χ0v) is 29.0. The van der Waals surface area contributed by atoms with Crippen molar-refractivity contribution in [1.82, 2.24) is 24.6 Å². The van der Waals surface area contributed by atoms with Crippen LogP contribution in [0.1, 0.15) is 47.1 Å². The van der Waals surface area contributed by atoms with Gasteiger partial charge in [-0.1, -0.05) is 44.0 Å². The molecule has 42 heavy (non-hydrogen) atoms. The van der Waals surface area contributed by atoms with E-state index >= 15 is 0 Å². The molecule has 0 aliphatic carbocycles. The van der Waals surface area contributed by atoms with Gasteiger partial charge in [0.05, 0.1) is 29.1 Å². The van der Waals surface area contributed by atoms with Gasteiger partial charge >= 0.3 is 6.09 Å². The highest BCUT2D eigenvalue weighted by atomic mass is 35.5. The highest BCUT2D eigenvalue weighted by Gasteiger charge is 2.40. The van der Waals surface area contributed by atoms with E-state index in [0.29, 0.717) is 39.6 Å². The Hall–Kier alpha value is -2.66. The molecule has 230 valence electrons. The number of carbonyl (C=O) groups is 1. The molecule has 3 rings (SSSR count). The Kier molecular flexibility index (Phi) is 10.4. The van der Waals surface area contributed by atoms with Crippen molar-refractivity contribution in [3.8, 4) is 28.5 Å². The lowest BCUT2D eigenvalue weighted by Crippen LogP contribution is -2.49. The molecule has 12 heteroatoms. The van der Waals surface area contributed by atoms with Gasteiger partial charge in [0.15, 0.2) is 14.1 Å². The quantitative estimate of drug-likeness (QED) is 0.175. The average Bonchev–Trinajstić information content (AvgIpc) is 3.28. The molecule has 0 saturated heterocycles. The number of ether oxygens (including phenoxy) is 2. The van der Waals surface area contributed by atoms with Gasteiger partial charge in [0.2, 0.25) is 0 Å². The summed E-state index contributed by atoms with van der Waals surface area (Å²) in [5, 5.41) is 5.00. The molecule has 0 aliphatic heterocycles. The summed E-state index contributed by atoms with van der Waals surface area (Å²) in [7, 11) is 1.35. The van der Waals surface area contributed by atoms with E-state index in [4.69, 9.17) is 42.1 Å². The number of amides is 1. The highest BCUT2D eigenvalue weighted by molar-refractivity contribution is 6.74. The Morgan fingerprint density at radius 1 is 1.10 bits per heavy atom. The Morgan fingerprint density at radius 3 is 2.33 bits per heavy atom. The van der Waals surface area contributed by atoms with Crippen molar-refractivity contribution in [3.05, 3.63) is 46.2 Å². The Labute approximate surface area is 260 Å². The zero-order valence-electron chi connectivity index (χ0n) is 26.5.